The highest BCUT2D eigenvalue weighted by atomic mass is 79.9. The molecule has 0 saturated heterocycles. The summed E-state index contributed by atoms with van der Waals surface area (Å²) < 4.78 is 7.50. The number of hydrogen-bond acceptors (Lipinski definition) is 3. The van der Waals surface area contributed by atoms with Crippen LogP contribution in [0.4, 0.5) is 5.69 Å². The lowest BCUT2D eigenvalue weighted by Gasteiger charge is -2.12. The molecule has 2 aromatic carbocycles. The summed E-state index contributed by atoms with van der Waals surface area (Å²) >= 11 is 6.83. The molecular formula is C17H13Br2NO2. The molecule has 0 aliphatic rings. The van der Waals surface area contributed by atoms with E-state index in [1.807, 2.05) is 49.3 Å². The smallest absolute Gasteiger partial charge is 0.194 e. The summed E-state index contributed by atoms with van der Waals surface area (Å²) in [4.78, 5) is 14.4. The molecule has 0 unspecified atom stereocenters. The van der Waals surface area contributed by atoms with Gasteiger partial charge in [-0.05, 0) is 52.3 Å². The van der Waals surface area contributed by atoms with Gasteiger partial charge in [-0.1, -0.05) is 15.9 Å². The van der Waals surface area contributed by atoms with Crippen molar-refractivity contribution in [2.45, 2.75) is 0 Å². The van der Waals surface area contributed by atoms with Gasteiger partial charge in [-0.25, -0.2) is 0 Å². The van der Waals surface area contributed by atoms with Crippen LogP contribution in [0.1, 0.15) is 0 Å². The molecule has 22 heavy (non-hydrogen) atoms. The number of rotatable bonds is 2. The Balaban J connectivity index is 2.17. The van der Waals surface area contributed by atoms with Crippen LogP contribution in [0, 0.1) is 0 Å². The molecule has 3 nitrogen and oxygen atoms in total. The van der Waals surface area contributed by atoms with Crippen LogP contribution in [0.15, 0.2) is 60.6 Å². The average molecular weight is 423 g/mol. The summed E-state index contributed by atoms with van der Waals surface area (Å²) in [6, 6.07) is 13.1. The summed E-state index contributed by atoms with van der Waals surface area (Å²) in [5.41, 5.74) is 2.46. The number of fused-ring (bicyclic) bond motifs is 1. The molecule has 1 heterocycles. The van der Waals surface area contributed by atoms with Crippen molar-refractivity contribution in [1.29, 1.82) is 0 Å². The van der Waals surface area contributed by atoms with E-state index in [2.05, 4.69) is 31.9 Å². The van der Waals surface area contributed by atoms with Crippen molar-refractivity contribution < 1.29 is 4.42 Å². The Hall–Kier alpha value is -1.59. The third-order valence-electron chi connectivity index (χ3n) is 3.42. The van der Waals surface area contributed by atoms with E-state index in [1.54, 1.807) is 6.07 Å². The summed E-state index contributed by atoms with van der Waals surface area (Å²) in [5.74, 6) is 0.563. The molecule has 0 radical (unpaired) electrons. The van der Waals surface area contributed by atoms with Crippen LogP contribution in [-0.2, 0) is 0 Å². The third-order valence-corrected chi connectivity index (χ3v) is 4.50. The fourth-order valence-corrected chi connectivity index (χ4v) is 3.66. The number of anilines is 1. The summed E-state index contributed by atoms with van der Waals surface area (Å²) in [7, 11) is 3.97. The maximum atomic E-state index is 12.4. The number of benzene rings is 2. The third kappa shape index (κ3) is 2.83. The van der Waals surface area contributed by atoms with Gasteiger partial charge in [0.15, 0.2) is 5.43 Å². The SMILES string of the molecule is CN(C)c1ccc(-c2cc(=O)c3c(Br)cc(Br)cc3o2)cc1. The molecule has 0 spiro atoms. The molecule has 112 valence electrons. The van der Waals surface area contributed by atoms with Crippen LogP contribution in [0.2, 0.25) is 0 Å². The largest absolute Gasteiger partial charge is 0.456 e. The molecule has 0 aliphatic carbocycles. The maximum Gasteiger partial charge on any atom is 0.194 e. The molecular weight excluding hydrogens is 410 g/mol. The second-order valence-electron chi connectivity index (χ2n) is 5.18. The minimum Gasteiger partial charge on any atom is -0.456 e. The Bertz CT molecular complexity index is 899. The average Bonchev–Trinajstić information content (AvgIpc) is 2.46. The number of nitrogens with zero attached hydrogens (tertiary/aromatic N) is 1. The number of hydrogen-bond donors (Lipinski definition) is 0. The Morgan fingerprint density at radius 1 is 1.00 bits per heavy atom. The van der Waals surface area contributed by atoms with Crippen LogP contribution in [-0.4, -0.2) is 14.1 Å². The van der Waals surface area contributed by atoms with Gasteiger partial charge in [0.2, 0.25) is 0 Å². The summed E-state index contributed by atoms with van der Waals surface area (Å²) in [5, 5.41) is 0.553. The first kappa shape index (κ1) is 15.3. The standard InChI is InChI=1S/C17H13Br2NO2/c1-20(2)12-5-3-10(4-6-12)15-9-14(21)17-13(19)7-11(18)8-16(17)22-15/h3-9H,1-2H3. The van der Waals surface area contributed by atoms with Crippen molar-refractivity contribution in [3.8, 4) is 11.3 Å². The van der Waals surface area contributed by atoms with E-state index >= 15 is 0 Å². The summed E-state index contributed by atoms with van der Waals surface area (Å²) in [6.45, 7) is 0. The molecule has 5 heteroatoms. The van der Waals surface area contributed by atoms with Gasteiger partial charge >= 0.3 is 0 Å². The molecule has 0 atom stereocenters. The van der Waals surface area contributed by atoms with Crippen LogP contribution < -0.4 is 10.3 Å². The molecule has 3 rings (SSSR count). The first-order valence-corrected chi connectivity index (χ1v) is 8.25. The fraction of sp³-hybridized carbons (Fsp3) is 0.118. The lowest BCUT2D eigenvalue weighted by atomic mass is 10.1. The van der Waals surface area contributed by atoms with Crippen LogP contribution >= 0.6 is 31.9 Å². The van der Waals surface area contributed by atoms with Crippen molar-refractivity contribution >= 4 is 48.5 Å². The first-order chi connectivity index (χ1) is 10.5. The highest BCUT2D eigenvalue weighted by Gasteiger charge is 2.11. The van der Waals surface area contributed by atoms with Crippen molar-refractivity contribution in [2.75, 3.05) is 19.0 Å². The van der Waals surface area contributed by atoms with Gasteiger partial charge in [0.25, 0.3) is 0 Å². The second kappa shape index (κ2) is 5.89. The number of halogens is 2. The van der Waals surface area contributed by atoms with E-state index in [1.165, 1.54) is 6.07 Å². The quantitative estimate of drug-likeness (QED) is 0.579. The van der Waals surface area contributed by atoms with E-state index < -0.39 is 0 Å². The molecule has 0 amide bonds. The molecule has 0 fully saturated rings. The van der Waals surface area contributed by atoms with Crippen molar-refractivity contribution in [1.82, 2.24) is 0 Å². The molecule has 0 saturated carbocycles. The lowest BCUT2D eigenvalue weighted by molar-refractivity contribution is 0.618. The minimum atomic E-state index is -0.0627. The predicted molar refractivity (Wildman–Crippen MR) is 97.6 cm³/mol. The zero-order valence-electron chi connectivity index (χ0n) is 12.1. The minimum absolute atomic E-state index is 0.0627. The molecule has 1 aromatic heterocycles. The van der Waals surface area contributed by atoms with E-state index in [0.717, 1.165) is 20.2 Å². The van der Waals surface area contributed by atoms with Crippen molar-refractivity contribution in [3.63, 3.8) is 0 Å². The van der Waals surface area contributed by atoms with Crippen molar-refractivity contribution in [3.05, 3.63) is 61.6 Å². The highest BCUT2D eigenvalue weighted by Crippen LogP contribution is 2.30. The Labute approximate surface area is 144 Å². The Morgan fingerprint density at radius 3 is 2.32 bits per heavy atom. The lowest BCUT2D eigenvalue weighted by Crippen LogP contribution is -2.08. The van der Waals surface area contributed by atoms with Crippen LogP contribution in [0.3, 0.4) is 0 Å². The van der Waals surface area contributed by atoms with Gasteiger partial charge in [0, 0.05) is 40.4 Å². The van der Waals surface area contributed by atoms with Gasteiger partial charge in [-0.2, -0.15) is 0 Å². The topological polar surface area (TPSA) is 33.5 Å². The maximum absolute atomic E-state index is 12.4. The fourth-order valence-electron chi connectivity index (χ4n) is 2.27. The van der Waals surface area contributed by atoms with Crippen molar-refractivity contribution in [2.24, 2.45) is 0 Å². The van der Waals surface area contributed by atoms with Crippen LogP contribution in [0.5, 0.6) is 0 Å². The second-order valence-corrected chi connectivity index (χ2v) is 6.95. The molecule has 0 aliphatic heterocycles. The molecule has 0 bridgehead atoms. The van der Waals surface area contributed by atoms with Crippen LogP contribution in [0.25, 0.3) is 22.3 Å². The monoisotopic (exact) mass is 421 g/mol. The molecule has 3 aromatic rings. The molecule has 0 N–H and O–H groups in total. The summed E-state index contributed by atoms with van der Waals surface area (Å²) in [6.07, 6.45) is 0. The van der Waals surface area contributed by atoms with E-state index in [4.69, 9.17) is 4.42 Å². The van der Waals surface area contributed by atoms with E-state index in [0.29, 0.717) is 16.7 Å². The Morgan fingerprint density at radius 2 is 1.68 bits per heavy atom. The van der Waals surface area contributed by atoms with Gasteiger partial charge in [-0.3, -0.25) is 4.79 Å². The first-order valence-electron chi connectivity index (χ1n) is 6.66. The Kier molecular flexibility index (Phi) is 4.10. The highest BCUT2D eigenvalue weighted by molar-refractivity contribution is 9.11. The van der Waals surface area contributed by atoms with Gasteiger partial charge in [0.1, 0.15) is 11.3 Å². The van der Waals surface area contributed by atoms with Gasteiger partial charge < -0.3 is 9.32 Å². The van der Waals surface area contributed by atoms with E-state index in [-0.39, 0.29) is 5.43 Å². The zero-order chi connectivity index (χ0) is 15.9. The van der Waals surface area contributed by atoms with E-state index in [9.17, 15) is 4.79 Å². The zero-order valence-corrected chi connectivity index (χ0v) is 15.2. The normalized spacial score (nSPS) is 10.9. The van der Waals surface area contributed by atoms with Gasteiger partial charge in [0.05, 0.1) is 5.39 Å². The predicted octanol–water partition coefficient (Wildman–Crippen LogP) is 5.05. The van der Waals surface area contributed by atoms with Gasteiger partial charge in [-0.15, -0.1) is 0 Å².